The zero-order chi connectivity index (χ0) is 25.5. The van der Waals surface area contributed by atoms with Crippen molar-refractivity contribution in [3.63, 3.8) is 0 Å². The average Bonchev–Trinajstić information content (AvgIpc) is 3.27. The molecule has 1 unspecified atom stereocenters. The number of carbonyl (C=O) groups excluding carboxylic acids is 1. The van der Waals surface area contributed by atoms with Crippen molar-refractivity contribution in [3.05, 3.63) is 58.4 Å². The predicted molar refractivity (Wildman–Crippen MR) is 131 cm³/mol. The Morgan fingerprint density at radius 3 is 2.37 bits per heavy atom. The molecule has 0 saturated carbocycles. The SMILES string of the molecule is COc1ccc(OC(C)c2nnc(SCC(=O)Nc3cc([N+](=O)[O-])ccc3OC)n2C(C)C)cc1. The molecule has 1 N–H and O–H groups in total. The van der Waals surface area contributed by atoms with Gasteiger partial charge in [-0.3, -0.25) is 14.9 Å². The van der Waals surface area contributed by atoms with Crippen LogP contribution in [-0.4, -0.2) is 45.6 Å². The number of nitro groups is 1. The third-order valence-electron chi connectivity index (χ3n) is 4.94. The fraction of sp³-hybridized carbons (Fsp3) is 0.348. The third-order valence-corrected chi connectivity index (χ3v) is 5.89. The summed E-state index contributed by atoms with van der Waals surface area (Å²) in [6.45, 7) is 5.86. The Labute approximate surface area is 206 Å². The molecule has 2 aromatic carbocycles. The summed E-state index contributed by atoms with van der Waals surface area (Å²) < 4.78 is 18.3. The normalized spacial score (nSPS) is 11.7. The number of methoxy groups -OCH3 is 2. The number of thioether (sulfide) groups is 1. The van der Waals surface area contributed by atoms with Crippen molar-refractivity contribution in [1.29, 1.82) is 0 Å². The van der Waals surface area contributed by atoms with Crippen LogP contribution in [-0.2, 0) is 4.79 Å². The van der Waals surface area contributed by atoms with E-state index in [-0.39, 0.29) is 29.1 Å². The van der Waals surface area contributed by atoms with Gasteiger partial charge in [0.05, 0.1) is 30.6 Å². The second-order valence-corrected chi connectivity index (χ2v) is 8.66. The van der Waals surface area contributed by atoms with Crippen LogP contribution in [0.5, 0.6) is 17.2 Å². The highest BCUT2D eigenvalue weighted by molar-refractivity contribution is 7.99. The average molecular weight is 502 g/mol. The topological polar surface area (TPSA) is 131 Å². The maximum atomic E-state index is 12.6. The van der Waals surface area contributed by atoms with Gasteiger partial charge in [0.1, 0.15) is 17.2 Å². The molecule has 0 aliphatic rings. The molecule has 0 radical (unpaired) electrons. The van der Waals surface area contributed by atoms with Crippen molar-refractivity contribution in [1.82, 2.24) is 14.8 Å². The minimum atomic E-state index is -0.536. The lowest BCUT2D eigenvalue weighted by atomic mass is 10.2. The first-order chi connectivity index (χ1) is 16.7. The highest BCUT2D eigenvalue weighted by Crippen LogP contribution is 2.31. The largest absolute Gasteiger partial charge is 0.497 e. The fourth-order valence-corrected chi connectivity index (χ4v) is 4.16. The van der Waals surface area contributed by atoms with Gasteiger partial charge >= 0.3 is 0 Å². The Kier molecular flexibility index (Phi) is 8.53. The van der Waals surface area contributed by atoms with Crippen molar-refractivity contribution < 1.29 is 23.9 Å². The van der Waals surface area contributed by atoms with Crippen LogP contribution in [0.15, 0.2) is 47.6 Å². The molecule has 1 atom stereocenters. The molecule has 35 heavy (non-hydrogen) atoms. The molecule has 0 spiro atoms. The zero-order valence-corrected chi connectivity index (χ0v) is 20.9. The van der Waals surface area contributed by atoms with Gasteiger partial charge in [-0.05, 0) is 51.1 Å². The lowest BCUT2D eigenvalue weighted by Crippen LogP contribution is -2.17. The quantitative estimate of drug-likeness (QED) is 0.226. The number of hydrogen-bond donors (Lipinski definition) is 1. The molecule has 0 aliphatic carbocycles. The number of ether oxygens (including phenoxy) is 3. The molecule has 1 heterocycles. The number of amides is 1. The minimum absolute atomic E-state index is 0.0179. The highest BCUT2D eigenvalue weighted by atomic mass is 32.2. The van der Waals surface area contributed by atoms with Crippen LogP contribution in [0.2, 0.25) is 0 Å². The number of carbonyl (C=O) groups is 1. The van der Waals surface area contributed by atoms with Crippen LogP contribution in [0.25, 0.3) is 0 Å². The monoisotopic (exact) mass is 501 g/mol. The van der Waals surface area contributed by atoms with E-state index in [1.54, 1.807) is 7.11 Å². The molecule has 3 rings (SSSR count). The number of rotatable bonds is 11. The summed E-state index contributed by atoms with van der Waals surface area (Å²) in [6, 6.07) is 11.3. The summed E-state index contributed by atoms with van der Waals surface area (Å²) in [6.07, 6.45) is -0.393. The third kappa shape index (κ3) is 6.41. The van der Waals surface area contributed by atoms with E-state index in [0.29, 0.717) is 22.5 Å². The summed E-state index contributed by atoms with van der Waals surface area (Å²) in [5.74, 6) is 2.00. The summed E-state index contributed by atoms with van der Waals surface area (Å²) in [7, 11) is 3.02. The Morgan fingerprint density at radius 2 is 1.77 bits per heavy atom. The van der Waals surface area contributed by atoms with Gasteiger partial charge in [-0.2, -0.15) is 0 Å². The van der Waals surface area contributed by atoms with Gasteiger partial charge in [0.25, 0.3) is 5.69 Å². The molecule has 3 aromatic rings. The summed E-state index contributed by atoms with van der Waals surface area (Å²) >= 11 is 1.21. The molecule has 1 amide bonds. The van der Waals surface area contributed by atoms with E-state index in [1.165, 1.54) is 37.1 Å². The molecule has 11 nitrogen and oxygen atoms in total. The first-order valence-corrected chi connectivity index (χ1v) is 11.7. The van der Waals surface area contributed by atoms with Crippen molar-refractivity contribution in [3.8, 4) is 17.2 Å². The number of nitrogens with one attached hydrogen (secondary N) is 1. The van der Waals surface area contributed by atoms with Crippen LogP contribution in [0.3, 0.4) is 0 Å². The van der Waals surface area contributed by atoms with E-state index in [4.69, 9.17) is 14.2 Å². The molecular weight excluding hydrogens is 474 g/mol. The number of nitro benzene ring substituents is 1. The Morgan fingerprint density at radius 1 is 1.09 bits per heavy atom. The first-order valence-electron chi connectivity index (χ1n) is 10.7. The maximum absolute atomic E-state index is 12.6. The van der Waals surface area contributed by atoms with Gasteiger partial charge < -0.3 is 24.1 Å². The molecule has 12 heteroatoms. The number of hydrogen-bond acceptors (Lipinski definition) is 9. The minimum Gasteiger partial charge on any atom is -0.497 e. The van der Waals surface area contributed by atoms with E-state index in [0.717, 1.165) is 5.75 Å². The van der Waals surface area contributed by atoms with Crippen molar-refractivity contribution in [2.24, 2.45) is 0 Å². The van der Waals surface area contributed by atoms with E-state index < -0.39 is 11.0 Å². The van der Waals surface area contributed by atoms with Gasteiger partial charge in [0.2, 0.25) is 5.91 Å². The molecule has 0 fully saturated rings. The van der Waals surface area contributed by atoms with Crippen LogP contribution in [0.4, 0.5) is 11.4 Å². The van der Waals surface area contributed by atoms with Crippen LogP contribution in [0.1, 0.15) is 38.7 Å². The first kappa shape index (κ1) is 25.8. The zero-order valence-electron chi connectivity index (χ0n) is 20.0. The highest BCUT2D eigenvalue weighted by Gasteiger charge is 2.22. The number of non-ortho nitro benzene ring substituents is 1. The molecule has 0 aliphatic heterocycles. The summed E-state index contributed by atoms with van der Waals surface area (Å²) in [5.41, 5.74) is 0.0728. The van der Waals surface area contributed by atoms with Gasteiger partial charge in [0, 0.05) is 18.2 Å². The van der Waals surface area contributed by atoms with E-state index in [2.05, 4.69) is 15.5 Å². The Bertz CT molecular complexity index is 1180. The number of benzene rings is 2. The van der Waals surface area contributed by atoms with E-state index in [1.807, 2.05) is 49.6 Å². The van der Waals surface area contributed by atoms with Crippen LogP contribution in [0, 0.1) is 10.1 Å². The van der Waals surface area contributed by atoms with Crippen LogP contribution < -0.4 is 19.5 Å². The van der Waals surface area contributed by atoms with E-state index in [9.17, 15) is 14.9 Å². The Balaban J connectivity index is 1.70. The summed E-state index contributed by atoms with van der Waals surface area (Å²) in [5, 5.41) is 22.9. The van der Waals surface area contributed by atoms with Gasteiger partial charge in [-0.1, -0.05) is 11.8 Å². The fourth-order valence-electron chi connectivity index (χ4n) is 3.28. The van der Waals surface area contributed by atoms with Gasteiger partial charge in [-0.15, -0.1) is 10.2 Å². The molecule has 0 saturated heterocycles. The maximum Gasteiger partial charge on any atom is 0.271 e. The van der Waals surface area contributed by atoms with Gasteiger partial charge in [0.15, 0.2) is 17.1 Å². The van der Waals surface area contributed by atoms with Crippen molar-refractivity contribution in [2.45, 2.75) is 38.1 Å². The standard InChI is InChI=1S/C23H27N5O6S/c1-14(2)27-22(15(3)34-18-9-7-17(32-4)8-10-18)25-26-23(27)35-13-21(29)24-19-12-16(28(30)31)6-11-20(19)33-5/h6-12,14-15H,13H2,1-5H3,(H,24,29). The second-order valence-electron chi connectivity index (χ2n) is 7.72. The van der Waals surface area contributed by atoms with E-state index >= 15 is 0 Å². The molecule has 0 bridgehead atoms. The molecular formula is C23H27N5O6S. The van der Waals surface area contributed by atoms with Gasteiger partial charge in [-0.25, -0.2) is 0 Å². The van der Waals surface area contributed by atoms with Crippen molar-refractivity contribution >= 4 is 29.0 Å². The number of anilines is 1. The van der Waals surface area contributed by atoms with Crippen molar-refractivity contribution in [2.75, 3.05) is 25.3 Å². The molecule has 1 aromatic heterocycles. The smallest absolute Gasteiger partial charge is 0.271 e. The lowest BCUT2D eigenvalue weighted by Gasteiger charge is -2.19. The lowest BCUT2D eigenvalue weighted by molar-refractivity contribution is -0.384. The number of aromatic nitrogens is 3. The van der Waals surface area contributed by atoms with Crippen LogP contribution >= 0.6 is 11.8 Å². The molecule has 186 valence electrons. The second kappa shape index (κ2) is 11.6. The predicted octanol–water partition coefficient (Wildman–Crippen LogP) is 4.66. The summed E-state index contributed by atoms with van der Waals surface area (Å²) in [4.78, 5) is 23.1. The Hall–Kier alpha value is -3.80. The number of nitrogens with zero attached hydrogens (tertiary/aromatic N) is 4.